The molecule has 24 heavy (non-hydrogen) atoms. The molecule has 0 radical (unpaired) electrons. The molecule has 5 nitrogen and oxygen atoms in total. The fourth-order valence-corrected chi connectivity index (χ4v) is 4.59. The van der Waals surface area contributed by atoms with Crippen LogP contribution in [0.4, 0.5) is 0 Å². The van der Waals surface area contributed by atoms with E-state index < -0.39 is 11.4 Å². The first-order valence-electron chi connectivity index (χ1n) is 8.56. The second-order valence-electron chi connectivity index (χ2n) is 6.77. The molecular weight excluding hydrogens is 308 g/mol. The summed E-state index contributed by atoms with van der Waals surface area (Å²) in [5.41, 5.74) is -1.18. The molecular formula is C19H24O5. The molecule has 0 aromatic rings. The third kappa shape index (κ3) is 3.02. The van der Waals surface area contributed by atoms with Crippen LogP contribution < -0.4 is 0 Å². The maximum absolute atomic E-state index is 12.9. The van der Waals surface area contributed by atoms with Gasteiger partial charge in [-0.15, -0.1) is 0 Å². The first-order valence-corrected chi connectivity index (χ1v) is 8.56. The number of hydrogen-bond acceptors (Lipinski definition) is 5. The van der Waals surface area contributed by atoms with Crippen molar-refractivity contribution in [3.8, 4) is 11.8 Å². The van der Waals surface area contributed by atoms with Gasteiger partial charge in [0.05, 0.1) is 7.11 Å². The van der Waals surface area contributed by atoms with E-state index in [4.69, 9.17) is 4.74 Å². The van der Waals surface area contributed by atoms with E-state index in [1.807, 2.05) is 6.92 Å². The fourth-order valence-electron chi connectivity index (χ4n) is 4.59. The molecule has 5 heteroatoms. The van der Waals surface area contributed by atoms with Gasteiger partial charge in [-0.2, -0.15) is 0 Å². The number of unbranched alkanes of at least 4 members (excludes halogenated alkanes) is 1. The average Bonchev–Trinajstić information content (AvgIpc) is 2.57. The Balaban J connectivity index is 2.35. The molecule has 4 atom stereocenters. The molecule has 0 aliphatic heterocycles. The highest BCUT2D eigenvalue weighted by molar-refractivity contribution is 6.07. The number of ether oxygens (including phenoxy) is 1. The van der Waals surface area contributed by atoms with Gasteiger partial charge >= 0.3 is 5.97 Å². The van der Waals surface area contributed by atoms with Crippen molar-refractivity contribution in [1.82, 2.24) is 0 Å². The summed E-state index contributed by atoms with van der Waals surface area (Å²) >= 11 is 0. The predicted octanol–water partition coefficient (Wildman–Crippen LogP) is 2.11. The SMILES string of the molecule is COC(=O)[C@]12C(=O)CCC[C@H]1CC(=O)C(C)[C@@H]2CCCC#CC=O. The normalized spacial score (nSPS) is 32.3. The van der Waals surface area contributed by atoms with Crippen LogP contribution in [0.5, 0.6) is 0 Å². The maximum Gasteiger partial charge on any atom is 0.319 e. The van der Waals surface area contributed by atoms with E-state index in [2.05, 4.69) is 11.8 Å². The molecule has 0 aromatic heterocycles. The van der Waals surface area contributed by atoms with Crippen molar-refractivity contribution in [2.75, 3.05) is 7.11 Å². The lowest BCUT2D eigenvalue weighted by Gasteiger charge is -2.50. The molecule has 0 saturated heterocycles. The second-order valence-corrected chi connectivity index (χ2v) is 6.77. The monoisotopic (exact) mass is 332 g/mol. The van der Waals surface area contributed by atoms with Crippen LogP contribution in [0.2, 0.25) is 0 Å². The zero-order valence-corrected chi connectivity index (χ0v) is 14.3. The summed E-state index contributed by atoms with van der Waals surface area (Å²) in [6, 6.07) is 0. The Morgan fingerprint density at radius 3 is 2.83 bits per heavy atom. The molecule has 2 rings (SSSR count). The number of aldehydes is 1. The highest BCUT2D eigenvalue weighted by Crippen LogP contribution is 2.54. The van der Waals surface area contributed by atoms with Crippen molar-refractivity contribution in [3.05, 3.63) is 0 Å². The maximum atomic E-state index is 12.9. The van der Waals surface area contributed by atoms with Gasteiger partial charge in [-0.3, -0.25) is 19.2 Å². The Morgan fingerprint density at radius 1 is 1.42 bits per heavy atom. The summed E-state index contributed by atoms with van der Waals surface area (Å²) in [5.74, 6) is 3.72. The number of carbonyl (C=O) groups excluding carboxylic acids is 4. The molecule has 2 saturated carbocycles. The zero-order chi connectivity index (χ0) is 17.7. The lowest BCUT2D eigenvalue weighted by atomic mass is 9.50. The van der Waals surface area contributed by atoms with E-state index >= 15 is 0 Å². The Hall–Kier alpha value is -1.96. The highest BCUT2D eigenvalue weighted by atomic mass is 16.5. The Morgan fingerprint density at radius 2 is 2.17 bits per heavy atom. The zero-order valence-electron chi connectivity index (χ0n) is 14.3. The molecule has 130 valence electrons. The summed E-state index contributed by atoms with van der Waals surface area (Å²) in [5, 5.41) is 0. The van der Waals surface area contributed by atoms with Gasteiger partial charge in [-0.25, -0.2) is 0 Å². The molecule has 0 bridgehead atoms. The molecule has 2 fully saturated rings. The molecule has 0 amide bonds. The number of ketones is 2. The van der Waals surface area contributed by atoms with Crippen LogP contribution in [-0.4, -0.2) is 30.9 Å². The number of methoxy groups -OCH3 is 1. The Bertz CT molecular complexity index is 587. The standard InChI is InChI=1S/C19H24O5/c1-13-15(9-5-3-4-6-11-20)19(18(23)24-2)14(12-16(13)21)8-7-10-17(19)22/h11,13-15H,3,5,7-10,12H2,1-2H3/t13?,14-,15-,19+/m0/s1. The minimum absolute atomic E-state index is 0.0751. The number of rotatable bonds is 4. The summed E-state index contributed by atoms with van der Waals surface area (Å²) in [6.45, 7) is 1.81. The topological polar surface area (TPSA) is 77.5 Å². The lowest BCUT2D eigenvalue weighted by Crippen LogP contribution is -2.59. The second kappa shape index (κ2) is 7.74. The van der Waals surface area contributed by atoms with Gasteiger partial charge in [0.25, 0.3) is 0 Å². The molecule has 2 aliphatic carbocycles. The van der Waals surface area contributed by atoms with Crippen LogP contribution in [0.25, 0.3) is 0 Å². The van der Waals surface area contributed by atoms with Gasteiger partial charge in [0, 0.05) is 25.2 Å². The van der Waals surface area contributed by atoms with Crippen molar-refractivity contribution < 1.29 is 23.9 Å². The third-order valence-electron chi connectivity index (χ3n) is 5.71. The van der Waals surface area contributed by atoms with Gasteiger partial charge in [0.2, 0.25) is 0 Å². The molecule has 0 spiro atoms. The summed E-state index contributed by atoms with van der Waals surface area (Å²) in [7, 11) is 1.31. The van der Waals surface area contributed by atoms with Gasteiger partial charge in [-0.1, -0.05) is 12.8 Å². The van der Waals surface area contributed by atoms with Crippen LogP contribution >= 0.6 is 0 Å². The molecule has 0 heterocycles. The van der Waals surface area contributed by atoms with Crippen LogP contribution in [0.15, 0.2) is 0 Å². The summed E-state index contributed by atoms with van der Waals surface area (Å²) < 4.78 is 5.03. The van der Waals surface area contributed by atoms with E-state index in [0.717, 1.165) is 6.42 Å². The van der Waals surface area contributed by atoms with Crippen molar-refractivity contribution >= 4 is 23.8 Å². The van der Waals surface area contributed by atoms with Crippen molar-refractivity contribution in [3.63, 3.8) is 0 Å². The van der Waals surface area contributed by atoms with Crippen molar-refractivity contribution in [2.24, 2.45) is 23.2 Å². The van der Waals surface area contributed by atoms with Crippen LogP contribution in [0.3, 0.4) is 0 Å². The summed E-state index contributed by atoms with van der Waals surface area (Å²) in [6.07, 6.45) is 4.33. The predicted molar refractivity (Wildman–Crippen MR) is 86.8 cm³/mol. The smallest absolute Gasteiger partial charge is 0.319 e. The van der Waals surface area contributed by atoms with E-state index in [1.54, 1.807) is 0 Å². The first kappa shape index (κ1) is 18.4. The quantitative estimate of drug-likeness (QED) is 0.259. The Kier molecular flexibility index (Phi) is 5.93. The molecule has 1 unspecified atom stereocenters. The van der Waals surface area contributed by atoms with Crippen LogP contribution in [0.1, 0.15) is 51.9 Å². The summed E-state index contributed by atoms with van der Waals surface area (Å²) in [4.78, 5) is 48.2. The van der Waals surface area contributed by atoms with E-state index in [1.165, 1.54) is 7.11 Å². The number of hydrogen-bond donors (Lipinski definition) is 0. The minimum atomic E-state index is -1.18. The number of Topliss-reactive ketones (excluding diaryl/α,β-unsaturated/α-hetero) is 2. The molecule has 0 N–H and O–H groups in total. The third-order valence-corrected chi connectivity index (χ3v) is 5.71. The first-order chi connectivity index (χ1) is 11.5. The highest BCUT2D eigenvalue weighted by Gasteiger charge is 2.63. The molecule has 0 aromatic carbocycles. The van der Waals surface area contributed by atoms with Gasteiger partial charge < -0.3 is 4.74 Å². The van der Waals surface area contributed by atoms with E-state index in [9.17, 15) is 19.2 Å². The Labute approximate surface area is 142 Å². The fraction of sp³-hybridized carbons (Fsp3) is 0.684. The van der Waals surface area contributed by atoms with Crippen LogP contribution in [-0.2, 0) is 23.9 Å². The number of fused-ring (bicyclic) bond motifs is 1. The van der Waals surface area contributed by atoms with Crippen LogP contribution in [0, 0.1) is 35.0 Å². The van der Waals surface area contributed by atoms with Gasteiger partial charge in [0.15, 0.2) is 12.1 Å². The average molecular weight is 332 g/mol. The van der Waals surface area contributed by atoms with E-state index in [-0.39, 0.29) is 35.7 Å². The van der Waals surface area contributed by atoms with Crippen molar-refractivity contribution in [2.45, 2.75) is 51.9 Å². The van der Waals surface area contributed by atoms with Gasteiger partial charge in [0.1, 0.15) is 11.2 Å². The van der Waals surface area contributed by atoms with E-state index in [0.29, 0.717) is 38.4 Å². The number of esters is 1. The van der Waals surface area contributed by atoms with Gasteiger partial charge in [-0.05, 0) is 43.4 Å². The molecule has 2 aliphatic rings. The number of carbonyl (C=O) groups is 4. The largest absolute Gasteiger partial charge is 0.468 e. The lowest BCUT2D eigenvalue weighted by molar-refractivity contribution is -0.178. The van der Waals surface area contributed by atoms with Crippen molar-refractivity contribution in [1.29, 1.82) is 0 Å². The minimum Gasteiger partial charge on any atom is -0.468 e.